The highest BCUT2D eigenvalue weighted by atomic mass is 35.5. The molecule has 6 rings (SSSR count). The standard InChI is InChI=1S/C23H25N5O2S.ClH/c29-22-2-1-19-23-18(3-6-24-19)15(13-28(22)23)12-27-7-4-16(5-8-27)25-10-17-9-21-20(11-26-17)30-14-31-21;/h1-3,6,9,11,15-16,25H,4-5,7-8,10,12-14H2;1H. The van der Waals surface area contributed by atoms with Crippen molar-refractivity contribution >= 4 is 35.2 Å². The van der Waals surface area contributed by atoms with E-state index in [9.17, 15) is 4.79 Å². The number of pyridine rings is 3. The molecule has 1 unspecified atom stereocenters. The van der Waals surface area contributed by atoms with Crippen LogP contribution in [0.5, 0.6) is 5.75 Å². The summed E-state index contributed by atoms with van der Waals surface area (Å²) in [6.07, 6.45) is 5.98. The van der Waals surface area contributed by atoms with E-state index in [1.165, 1.54) is 10.5 Å². The number of nitrogens with zero attached hydrogens (tertiary/aromatic N) is 4. The molecule has 0 spiro atoms. The van der Waals surface area contributed by atoms with Crippen LogP contribution in [-0.2, 0) is 13.1 Å². The molecule has 0 aromatic carbocycles. The third kappa shape index (κ3) is 4.01. The van der Waals surface area contributed by atoms with E-state index < -0.39 is 0 Å². The molecule has 0 aliphatic carbocycles. The zero-order valence-electron chi connectivity index (χ0n) is 17.7. The molecule has 3 aromatic rings. The quantitative estimate of drug-likeness (QED) is 0.613. The topological polar surface area (TPSA) is 72.3 Å². The Morgan fingerprint density at radius 2 is 2.06 bits per heavy atom. The largest absolute Gasteiger partial charge is 0.480 e. The van der Waals surface area contributed by atoms with Crippen LogP contribution in [0.3, 0.4) is 0 Å². The van der Waals surface area contributed by atoms with Gasteiger partial charge < -0.3 is 19.5 Å². The number of hydrogen-bond acceptors (Lipinski definition) is 7. The van der Waals surface area contributed by atoms with Crippen LogP contribution in [0.2, 0.25) is 0 Å². The first-order chi connectivity index (χ1) is 15.2. The number of halogens is 1. The highest BCUT2D eigenvalue weighted by Gasteiger charge is 2.29. The molecule has 32 heavy (non-hydrogen) atoms. The van der Waals surface area contributed by atoms with Crippen LogP contribution in [0.15, 0.2) is 46.3 Å². The van der Waals surface area contributed by atoms with E-state index in [2.05, 4.69) is 32.3 Å². The molecule has 0 amide bonds. The van der Waals surface area contributed by atoms with Gasteiger partial charge in [-0.15, -0.1) is 12.4 Å². The molecular weight excluding hydrogens is 446 g/mol. The van der Waals surface area contributed by atoms with Gasteiger partial charge in [-0.25, -0.2) is 0 Å². The molecule has 0 radical (unpaired) electrons. The van der Waals surface area contributed by atoms with Crippen LogP contribution in [0.1, 0.15) is 30.0 Å². The van der Waals surface area contributed by atoms with Crippen LogP contribution in [0.4, 0.5) is 0 Å². The molecule has 0 bridgehead atoms. The zero-order valence-corrected chi connectivity index (χ0v) is 19.3. The van der Waals surface area contributed by atoms with E-state index in [-0.39, 0.29) is 18.0 Å². The smallest absolute Gasteiger partial charge is 0.251 e. The second kappa shape index (κ2) is 9.02. The van der Waals surface area contributed by atoms with Gasteiger partial charge >= 0.3 is 0 Å². The van der Waals surface area contributed by atoms with Crippen LogP contribution < -0.4 is 15.6 Å². The van der Waals surface area contributed by atoms with Gasteiger partial charge in [-0.3, -0.25) is 14.8 Å². The maximum atomic E-state index is 12.3. The van der Waals surface area contributed by atoms with Crippen molar-refractivity contribution in [3.8, 4) is 5.75 Å². The van der Waals surface area contributed by atoms with Gasteiger partial charge in [0.25, 0.3) is 5.56 Å². The number of piperidine rings is 1. The summed E-state index contributed by atoms with van der Waals surface area (Å²) in [6, 6.07) is 8.24. The van der Waals surface area contributed by atoms with E-state index in [0.717, 1.165) is 68.0 Å². The summed E-state index contributed by atoms with van der Waals surface area (Å²) in [6.45, 7) is 4.72. The fraction of sp³-hybridized carbons (Fsp3) is 0.435. The van der Waals surface area contributed by atoms with Crippen molar-refractivity contribution in [3.63, 3.8) is 0 Å². The van der Waals surface area contributed by atoms with Crippen LogP contribution in [-0.4, -0.2) is 51.0 Å². The predicted molar refractivity (Wildman–Crippen MR) is 128 cm³/mol. The molecule has 3 aromatic heterocycles. The molecule has 9 heteroatoms. The van der Waals surface area contributed by atoms with Crippen molar-refractivity contribution < 1.29 is 4.74 Å². The van der Waals surface area contributed by atoms with Crippen molar-refractivity contribution in [3.05, 3.63) is 58.3 Å². The highest BCUT2D eigenvalue weighted by Crippen LogP contribution is 2.35. The summed E-state index contributed by atoms with van der Waals surface area (Å²) in [5.74, 6) is 1.96. The molecule has 1 fully saturated rings. The SMILES string of the molecule is Cl.O=c1ccc2nccc3c2n1CC3CN1CCC(NCc2cc3c(cn2)OCS3)CC1. The predicted octanol–water partition coefficient (Wildman–Crippen LogP) is 3.01. The lowest BCUT2D eigenvalue weighted by atomic mass is 9.98. The molecule has 3 aliphatic rings. The summed E-state index contributed by atoms with van der Waals surface area (Å²) in [5.41, 5.74) is 4.38. The van der Waals surface area contributed by atoms with Crippen molar-refractivity contribution in [2.75, 3.05) is 25.6 Å². The summed E-state index contributed by atoms with van der Waals surface area (Å²) < 4.78 is 7.42. The monoisotopic (exact) mass is 471 g/mol. The molecule has 1 N–H and O–H groups in total. The van der Waals surface area contributed by atoms with Crippen LogP contribution in [0.25, 0.3) is 11.0 Å². The zero-order chi connectivity index (χ0) is 20.8. The Balaban J connectivity index is 0.00000216. The van der Waals surface area contributed by atoms with E-state index in [0.29, 0.717) is 17.9 Å². The molecule has 0 saturated carbocycles. The number of hydrogen-bond donors (Lipinski definition) is 1. The average Bonchev–Trinajstić information content (AvgIpc) is 3.42. The van der Waals surface area contributed by atoms with Crippen molar-refractivity contribution in [1.82, 2.24) is 24.8 Å². The lowest BCUT2D eigenvalue weighted by Crippen LogP contribution is -2.43. The second-order valence-corrected chi connectivity index (χ2v) is 9.56. The van der Waals surface area contributed by atoms with Crippen LogP contribution >= 0.6 is 24.2 Å². The number of aromatic nitrogens is 3. The Kier molecular flexibility index (Phi) is 6.11. The van der Waals surface area contributed by atoms with E-state index in [1.54, 1.807) is 17.8 Å². The minimum atomic E-state index is 0. The minimum absolute atomic E-state index is 0. The van der Waals surface area contributed by atoms with Gasteiger partial charge in [-0.1, -0.05) is 11.8 Å². The molecule has 7 nitrogen and oxygen atoms in total. The number of ether oxygens (including phenoxy) is 1. The summed E-state index contributed by atoms with van der Waals surface area (Å²) in [4.78, 5) is 25.0. The Hall–Kier alpha value is -2.13. The maximum Gasteiger partial charge on any atom is 0.251 e. The normalized spacial score (nSPS) is 20.2. The third-order valence-corrected chi connectivity index (χ3v) is 7.57. The van der Waals surface area contributed by atoms with E-state index in [1.807, 2.05) is 23.0 Å². The summed E-state index contributed by atoms with van der Waals surface area (Å²) >= 11 is 1.73. The average molecular weight is 472 g/mol. The number of likely N-dealkylation sites (tertiary alicyclic amines) is 1. The van der Waals surface area contributed by atoms with Crippen molar-refractivity contribution in [1.29, 1.82) is 0 Å². The maximum absolute atomic E-state index is 12.3. The molecule has 1 atom stereocenters. The van der Waals surface area contributed by atoms with Gasteiger partial charge in [-0.05, 0) is 49.7 Å². The second-order valence-electron chi connectivity index (χ2n) is 8.60. The molecule has 3 aliphatic heterocycles. The van der Waals surface area contributed by atoms with Gasteiger partial charge in [0.05, 0.1) is 27.8 Å². The number of fused-ring (bicyclic) bond motifs is 1. The number of thioether (sulfide) groups is 1. The Morgan fingerprint density at radius 1 is 1.19 bits per heavy atom. The first kappa shape index (κ1) is 21.7. The van der Waals surface area contributed by atoms with Gasteiger partial charge in [0.1, 0.15) is 5.94 Å². The number of rotatable bonds is 5. The van der Waals surface area contributed by atoms with Crippen molar-refractivity contribution in [2.45, 2.75) is 42.8 Å². The molecule has 6 heterocycles. The third-order valence-electron chi connectivity index (χ3n) is 6.70. The minimum Gasteiger partial charge on any atom is -0.480 e. The lowest BCUT2D eigenvalue weighted by Gasteiger charge is -2.34. The van der Waals surface area contributed by atoms with Gasteiger partial charge in [-0.2, -0.15) is 0 Å². The Morgan fingerprint density at radius 3 is 2.94 bits per heavy atom. The fourth-order valence-corrected chi connectivity index (χ4v) is 5.84. The first-order valence-electron chi connectivity index (χ1n) is 10.9. The Bertz CT molecular complexity index is 1190. The fourth-order valence-electron chi connectivity index (χ4n) is 5.06. The highest BCUT2D eigenvalue weighted by molar-refractivity contribution is 7.99. The summed E-state index contributed by atoms with van der Waals surface area (Å²) in [5, 5.41) is 3.69. The van der Waals surface area contributed by atoms with Crippen molar-refractivity contribution in [2.24, 2.45) is 0 Å². The van der Waals surface area contributed by atoms with E-state index >= 15 is 0 Å². The molecule has 168 valence electrons. The van der Waals surface area contributed by atoms with Gasteiger partial charge in [0.2, 0.25) is 0 Å². The van der Waals surface area contributed by atoms with Gasteiger partial charge in [0, 0.05) is 43.9 Å². The van der Waals surface area contributed by atoms with Gasteiger partial charge in [0.15, 0.2) is 5.75 Å². The first-order valence-corrected chi connectivity index (χ1v) is 11.9. The van der Waals surface area contributed by atoms with Crippen LogP contribution in [0, 0.1) is 0 Å². The lowest BCUT2D eigenvalue weighted by molar-refractivity contribution is 0.184. The van der Waals surface area contributed by atoms with E-state index in [4.69, 9.17) is 4.74 Å². The molecule has 1 saturated heterocycles. The Labute approximate surface area is 197 Å². The number of nitrogens with one attached hydrogen (secondary N) is 1. The summed E-state index contributed by atoms with van der Waals surface area (Å²) in [7, 11) is 0. The molecular formula is C23H26ClN5O2S.